The maximum absolute atomic E-state index is 12.9. The Kier molecular flexibility index (Phi) is 4.43. The number of hydrogen-bond acceptors (Lipinski definition) is 4. The number of imidazole rings is 1. The second-order valence-corrected chi connectivity index (χ2v) is 7.13. The van der Waals surface area contributed by atoms with E-state index in [0.29, 0.717) is 17.0 Å². The normalized spacial score (nSPS) is 14.6. The van der Waals surface area contributed by atoms with Gasteiger partial charge in [0, 0.05) is 0 Å². The lowest BCUT2D eigenvalue weighted by atomic mass is 10.0. The highest BCUT2D eigenvalue weighted by atomic mass is 16.2. The summed E-state index contributed by atoms with van der Waals surface area (Å²) in [6, 6.07) is 13.3. The molecule has 0 bridgehead atoms. The Morgan fingerprint density at radius 2 is 1.64 bits per heavy atom. The molecule has 0 saturated carbocycles. The summed E-state index contributed by atoms with van der Waals surface area (Å²) in [7, 11) is 0. The van der Waals surface area contributed by atoms with Crippen LogP contribution < -0.4 is 5.32 Å². The lowest BCUT2D eigenvalue weighted by Crippen LogP contribution is -2.52. The van der Waals surface area contributed by atoms with Gasteiger partial charge in [-0.15, -0.1) is 0 Å². The number of nitrogens with zero attached hydrogens (tertiary/aromatic N) is 2. The molecule has 0 spiro atoms. The van der Waals surface area contributed by atoms with Crippen LogP contribution in [0.2, 0.25) is 0 Å². The number of benzene rings is 2. The number of nitrogens with one attached hydrogen (secondary N) is 2. The molecule has 3 aromatic rings. The van der Waals surface area contributed by atoms with Gasteiger partial charge in [0.1, 0.15) is 11.9 Å². The molecule has 0 radical (unpaired) electrons. The van der Waals surface area contributed by atoms with Gasteiger partial charge in [0.2, 0.25) is 5.91 Å². The van der Waals surface area contributed by atoms with Crippen LogP contribution in [0.1, 0.15) is 40.4 Å². The van der Waals surface area contributed by atoms with E-state index in [1.54, 1.807) is 24.3 Å². The van der Waals surface area contributed by atoms with Gasteiger partial charge in [-0.2, -0.15) is 0 Å². The number of carbonyl (C=O) groups is 3. The minimum atomic E-state index is -0.892. The monoisotopic (exact) mass is 376 g/mol. The van der Waals surface area contributed by atoms with E-state index in [2.05, 4.69) is 15.3 Å². The Balaban J connectivity index is 1.54. The van der Waals surface area contributed by atoms with E-state index in [1.807, 2.05) is 38.1 Å². The quantitative estimate of drug-likeness (QED) is 0.669. The summed E-state index contributed by atoms with van der Waals surface area (Å²) in [5.41, 5.74) is 2.37. The Bertz CT molecular complexity index is 1020. The maximum atomic E-state index is 12.9. The Morgan fingerprint density at radius 1 is 1.04 bits per heavy atom. The molecule has 7 nitrogen and oxygen atoms in total. The largest absolute Gasteiger partial charge is 0.347 e. The van der Waals surface area contributed by atoms with Crippen LogP contribution in [0.25, 0.3) is 11.0 Å². The summed E-state index contributed by atoms with van der Waals surface area (Å²) in [6.07, 6.45) is 0. The summed E-state index contributed by atoms with van der Waals surface area (Å²) in [5, 5.41) is 2.81. The molecule has 7 heteroatoms. The van der Waals surface area contributed by atoms with Crippen LogP contribution in [0.5, 0.6) is 0 Å². The number of hydrogen-bond donors (Lipinski definition) is 2. The summed E-state index contributed by atoms with van der Waals surface area (Å²) in [4.78, 5) is 47.1. The Morgan fingerprint density at radius 3 is 2.25 bits per heavy atom. The van der Waals surface area contributed by atoms with Crippen molar-refractivity contribution in [3.05, 3.63) is 65.5 Å². The SMILES string of the molecule is CC(C)C(C(=O)NCc1nc2ccccc2[nH]1)N1C(=O)c2ccccc2C1=O. The zero-order valence-corrected chi connectivity index (χ0v) is 15.6. The second-order valence-electron chi connectivity index (χ2n) is 7.13. The van der Waals surface area contributed by atoms with Gasteiger partial charge in [-0.3, -0.25) is 19.3 Å². The van der Waals surface area contributed by atoms with Gasteiger partial charge in [0.05, 0.1) is 28.7 Å². The first-order valence-corrected chi connectivity index (χ1v) is 9.15. The second kappa shape index (κ2) is 6.92. The van der Waals surface area contributed by atoms with Gasteiger partial charge in [-0.25, -0.2) is 4.98 Å². The van der Waals surface area contributed by atoms with Gasteiger partial charge in [0.25, 0.3) is 11.8 Å². The molecule has 0 saturated heterocycles. The first kappa shape index (κ1) is 17.9. The molecule has 1 atom stereocenters. The number of imide groups is 1. The predicted octanol–water partition coefficient (Wildman–Crippen LogP) is 2.50. The highest BCUT2D eigenvalue weighted by Crippen LogP contribution is 2.27. The first-order valence-electron chi connectivity index (χ1n) is 9.15. The highest BCUT2D eigenvalue weighted by molar-refractivity contribution is 6.22. The number of amides is 3. The standard InChI is InChI=1S/C21H20N4O3/c1-12(2)18(25-20(27)13-7-3-4-8-14(13)21(25)28)19(26)22-11-17-23-15-9-5-6-10-16(15)24-17/h3-10,12,18H,11H2,1-2H3,(H,22,26)(H,23,24). The molecule has 2 aromatic carbocycles. The minimum absolute atomic E-state index is 0.180. The van der Waals surface area contributed by atoms with Crippen molar-refractivity contribution in [2.75, 3.05) is 0 Å². The molecule has 0 fully saturated rings. The molecular weight excluding hydrogens is 356 g/mol. The number of carbonyl (C=O) groups excluding carboxylic acids is 3. The molecule has 2 heterocycles. The fourth-order valence-electron chi connectivity index (χ4n) is 3.54. The van der Waals surface area contributed by atoms with Crippen molar-refractivity contribution in [1.29, 1.82) is 0 Å². The van der Waals surface area contributed by atoms with Gasteiger partial charge >= 0.3 is 0 Å². The number of H-pyrrole nitrogens is 1. The lowest BCUT2D eigenvalue weighted by Gasteiger charge is -2.28. The third-order valence-corrected chi connectivity index (χ3v) is 4.87. The molecule has 142 valence electrons. The fourth-order valence-corrected chi connectivity index (χ4v) is 3.54. The lowest BCUT2D eigenvalue weighted by molar-refractivity contribution is -0.126. The molecule has 0 aliphatic carbocycles. The number of rotatable bonds is 5. The maximum Gasteiger partial charge on any atom is 0.262 e. The van der Waals surface area contributed by atoms with Crippen molar-refractivity contribution < 1.29 is 14.4 Å². The third-order valence-electron chi connectivity index (χ3n) is 4.87. The zero-order chi connectivity index (χ0) is 19.8. The number of fused-ring (bicyclic) bond motifs is 2. The third kappa shape index (κ3) is 2.94. The van der Waals surface area contributed by atoms with E-state index in [4.69, 9.17) is 0 Å². The average molecular weight is 376 g/mol. The Labute approximate surface area is 161 Å². The van der Waals surface area contributed by atoms with E-state index < -0.39 is 17.9 Å². The Hall–Kier alpha value is -3.48. The number of aromatic amines is 1. The van der Waals surface area contributed by atoms with Crippen molar-refractivity contribution in [3.8, 4) is 0 Å². The molecule has 2 N–H and O–H groups in total. The number of aromatic nitrogens is 2. The summed E-state index contributed by atoms with van der Waals surface area (Å²) >= 11 is 0. The fraction of sp³-hybridized carbons (Fsp3) is 0.238. The van der Waals surface area contributed by atoms with Gasteiger partial charge in [-0.05, 0) is 30.2 Å². The summed E-state index contributed by atoms with van der Waals surface area (Å²) in [5.74, 6) is -0.876. The van der Waals surface area contributed by atoms with Crippen LogP contribution in [0.4, 0.5) is 0 Å². The van der Waals surface area contributed by atoms with E-state index in [1.165, 1.54) is 0 Å². The molecule has 28 heavy (non-hydrogen) atoms. The predicted molar refractivity (Wildman–Crippen MR) is 104 cm³/mol. The molecule has 1 aliphatic rings. The van der Waals surface area contributed by atoms with Crippen LogP contribution in [0.15, 0.2) is 48.5 Å². The van der Waals surface area contributed by atoms with Crippen LogP contribution in [-0.2, 0) is 11.3 Å². The van der Waals surface area contributed by atoms with E-state index >= 15 is 0 Å². The molecular formula is C21H20N4O3. The first-order chi connectivity index (χ1) is 13.5. The number of para-hydroxylation sites is 2. The molecule has 1 aliphatic heterocycles. The van der Waals surface area contributed by atoms with Crippen molar-refractivity contribution in [2.45, 2.75) is 26.4 Å². The average Bonchev–Trinajstić information content (AvgIpc) is 3.21. The van der Waals surface area contributed by atoms with Gasteiger partial charge in [0.15, 0.2) is 0 Å². The van der Waals surface area contributed by atoms with Crippen LogP contribution in [-0.4, -0.2) is 38.6 Å². The molecule has 4 rings (SSSR count). The van der Waals surface area contributed by atoms with E-state index in [-0.39, 0.29) is 18.4 Å². The highest BCUT2D eigenvalue weighted by Gasteiger charge is 2.43. The minimum Gasteiger partial charge on any atom is -0.347 e. The molecule has 3 amide bonds. The summed E-state index contributed by atoms with van der Waals surface area (Å²) < 4.78 is 0. The molecule has 1 unspecified atom stereocenters. The smallest absolute Gasteiger partial charge is 0.262 e. The van der Waals surface area contributed by atoms with Crippen molar-refractivity contribution >= 4 is 28.8 Å². The van der Waals surface area contributed by atoms with Crippen LogP contribution >= 0.6 is 0 Å². The summed E-state index contributed by atoms with van der Waals surface area (Å²) in [6.45, 7) is 3.81. The van der Waals surface area contributed by atoms with Crippen LogP contribution in [0.3, 0.4) is 0 Å². The van der Waals surface area contributed by atoms with E-state index in [9.17, 15) is 14.4 Å². The van der Waals surface area contributed by atoms with Crippen molar-refractivity contribution in [2.24, 2.45) is 5.92 Å². The van der Waals surface area contributed by atoms with Gasteiger partial charge in [-0.1, -0.05) is 38.1 Å². The van der Waals surface area contributed by atoms with Crippen LogP contribution in [0, 0.1) is 5.92 Å². The van der Waals surface area contributed by atoms with Crippen molar-refractivity contribution in [1.82, 2.24) is 20.2 Å². The zero-order valence-electron chi connectivity index (χ0n) is 15.6. The molecule has 1 aromatic heterocycles. The topological polar surface area (TPSA) is 95.2 Å². The van der Waals surface area contributed by atoms with E-state index in [0.717, 1.165) is 15.9 Å². The van der Waals surface area contributed by atoms with Crippen molar-refractivity contribution in [3.63, 3.8) is 0 Å². The van der Waals surface area contributed by atoms with Gasteiger partial charge < -0.3 is 10.3 Å².